The Hall–Kier alpha value is -3.67. The Kier molecular flexibility index (Phi) is 9.23. The molecule has 0 saturated carbocycles. The number of anilines is 1. The van der Waals surface area contributed by atoms with Crippen LogP contribution in [0.3, 0.4) is 0 Å². The molecule has 0 unspecified atom stereocenters. The second kappa shape index (κ2) is 12.3. The average Bonchev–Trinajstić information content (AvgIpc) is 3.27. The molecule has 0 spiro atoms. The van der Waals surface area contributed by atoms with Gasteiger partial charge in [-0.05, 0) is 42.7 Å². The lowest BCUT2D eigenvalue weighted by Crippen LogP contribution is -2.38. The van der Waals surface area contributed by atoms with E-state index in [-0.39, 0.29) is 23.8 Å². The average molecular weight is 487 g/mol. The van der Waals surface area contributed by atoms with Crippen molar-refractivity contribution in [2.24, 2.45) is 0 Å². The summed E-state index contributed by atoms with van der Waals surface area (Å²) in [6.45, 7) is 10.9. The summed E-state index contributed by atoms with van der Waals surface area (Å²) in [4.78, 5) is 27.8. The maximum absolute atomic E-state index is 13.2. The molecule has 36 heavy (non-hydrogen) atoms. The molecule has 6 nitrogen and oxygen atoms in total. The number of aromatic nitrogens is 2. The van der Waals surface area contributed by atoms with E-state index in [2.05, 4.69) is 33.0 Å². The first-order valence-electron chi connectivity index (χ1n) is 12.7. The highest BCUT2D eigenvalue weighted by Crippen LogP contribution is 2.26. The molecule has 0 saturated heterocycles. The molecule has 3 aromatic rings. The third kappa shape index (κ3) is 7.67. The van der Waals surface area contributed by atoms with Gasteiger partial charge in [-0.15, -0.1) is 0 Å². The van der Waals surface area contributed by atoms with Crippen molar-refractivity contribution in [1.29, 1.82) is 0 Å². The fourth-order valence-electron chi connectivity index (χ4n) is 3.81. The first-order valence-corrected chi connectivity index (χ1v) is 12.7. The minimum atomic E-state index is -0.248. The van der Waals surface area contributed by atoms with Crippen molar-refractivity contribution < 1.29 is 9.59 Å². The summed E-state index contributed by atoms with van der Waals surface area (Å²) >= 11 is 0. The van der Waals surface area contributed by atoms with Crippen LogP contribution in [0, 0.1) is 6.92 Å². The topological polar surface area (TPSA) is 67.2 Å². The molecule has 1 heterocycles. The number of rotatable bonds is 10. The van der Waals surface area contributed by atoms with Crippen molar-refractivity contribution in [3.8, 4) is 5.69 Å². The molecule has 0 fully saturated rings. The zero-order valence-corrected chi connectivity index (χ0v) is 22.1. The molecule has 190 valence electrons. The number of hydrogen-bond donors (Lipinski definition) is 1. The predicted molar refractivity (Wildman–Crippen MR) is 147 cm³/mol. The van der Waals surface area contributed by atoms with Crippen molar-refractivity contribution >= 4 is 23.7 Å². The van der Waals surface area contributed by atoms with Crippen LogP contribution in [-0.4, -0.2) is 39.6 Å². The minimum Gasteiger partial charge on any atom is -0.330 e. The number of amides is 2. The van der Waals surface area contributed by atoms with E-state index >= 15 is 0 Å². The van der Waals surface area contributed by atoms with Crippen LogP contribution in [-0.2, 0) is 15.0 Å². The molecule has 1 N–H and O–H groups in total. The molecule has 0 aliphatic heterocycles. The number of nitrogens with zero attached hydrogens (tertiary/aromatic N) is 3. The number of carbonyl (C=O) groups is 2. The van der Waals surface area contributed by atoms with Crippen LogP contribution in [0.15, 0.2) is 66.7 Å². The first kappa shape index (κ1) is 26.9. The molecule has 0 bridgehead atoms. The molecular weight excluding hydrogens is 448 g/mol. The zero-order valence-electron chi connectivity index (χ0n) is 22.1. The van der Waals surface area contributed by atoms with Gasteiger partial charge in [-0.2, -0.15) is 5.10 Å². The maximum atomic E-state index is 13.2. The van der Waals surface area contributed by atoms with Gasteiger partial charge in [0.1, 0.15) is 12.4 Å². The molecule has 3 rings (SSSR count). The van der Waals surface area contributed by atoms with Crippen LogP contribution in [0.2, 0.25) is 0 Å². The second-order valence-corrected chi connectivity index (χ2v) is 10.2. The van der Waals surface area contributed by atoms with E-state index in [1.807, 2.05) is 67.6 Å². The van der Waals surface area contributed by atoms with Gasteiger partial charge in [0.05, 0.1) is 11.4 Å². The Bertz CT molecular complexity index is 1190. The standard InChI is InChI=1S/C30H38N4O2/c1-6-7-11-19-33(29(36)18-17-24-14-9-8-10-15-24)22-28(35)31-27-21-26(30(3,4)5)32-34(27)25-16-12-13-23(2)20-25/h8-10,12-18,20-21H,6-7,11,19,22H2,1-5H3,(H,31,35). The fraction of sp³-hybridized carbons (Fsp3) is 0.367. The fourth-order valence-corrected chi connectivity index (χ4v) is 3.81. The van der Waals surface area contributed by atoms with E-state index in [1.54, 1.807) is 21.7 Å². The van der Waals surface area contributed by atoms with Crippen molar-refractivity contribution in [1.82, 2.24) is 14.7 Å². The van der Waals surface area contributed by atoms with Gasteiger partial charge in [-0.3, -0.25) is 9.59 Å². The van der Waals surface area contributed by atoms with Crippen LogP contribution in [0.25, 0.3) is 11.8 Å². The second-order valence-electron chi connectivity index (χ2n) is 10.2. The van der Waals surface area contributed by atoms with E-state index in [0.29, 0.717) is 12.4 Å². The van der Waals surface area contributed by atoms with E-state index in [9.17, 15) is 9.59 Å². The Labute approximate surface area is 215 Å². The molecule has 1 aromatic heterocycles. The van der Waals surface area contributed by atoms with Gasteiger partial charge < -0.3 is 10.2 Å². The number of carbonyl (C=O) groups excluding carboxylic acids is 2. The monoisotopic (exact) mass is 486 g/mol. The number of unbranched alkanes of at least 4 members (excludes halogenated alkanes) is 2. The molecule has 0 aliphatic rings. The smallest absolute Gasteiger partial charge is 0.247 e. The van der Waals surface area contributed by atoms with Gasteiger partial charge in [0.2, 0.25) is 11.8 Å². The van der Waals surface area contributed by atoms with Gasteiger partial charge in [-0.1, -0.05) is 83.0 Å². The summed E-state index contributed by atoms with van der Waals surface area (Å²) in [5.74, 6) is 0.172. The number of nitrogens with one attached hydrogen (secondary N) is 1. The van der Waals surface area contributed by atoms with Crippen molar-refractivity contribution in [2.45, 2.75) is 59.3 Å². The number of aryl methyl sites for hydroxylation is 1. The van der Waals surface area contributed by atoms with Crippen LogP contribution < -0.4 is 5.32 Å². The molecule has 2 amide bonds. The normalized spacial score (nSPS) is 11.6. The highest BCUT2D eigenvalue weighted by molar-refractivity contribution is 5.97. The Morgan fingerprint density at radius 1 is 1.03 bits per heavy atom. The molecule has 0 atom stereocenters. The minimum absolute atomic E-state index is 0.0223. The summed E-state index contributed by atoms with van der Waals surface area (Å²) in [5.41, 5.74) is 3.62. The molecular formula is C30H38N4O2. The highest BCUT2D eigenvalue weighted by Gasteiger charge is 2.22. The summed E-state index contributed by atoms with van der Waals surface area (Å²) in [5, 5.41) is 7.81. The Balaban J connectivity index is 1.80. The molecule has 2 aromatic carbocycles. The van der Waals surface area contributed by atoms with Crippen molar-refractivity contribution in [3.63, 3.8) is 0 Å². The Morgan fingerprint density at radius 3 is 2.44 bits per heavy atom. The molecule has 0 radical (unpaired) electrons. The largest absolute Gasteiger partial charge is 0.330 e. The quantitative estimate of drug-likeness (QED) is 0.276. The molecule has 6 heteroatoms. The highest BCUT2D eigenvalue weighted by atomic mass is 16.2. The third-order valence-corrected chi connectivity index (χ3v) is 5.89. The Morgan fingerprint density at radius 2 is 1.78 bits per heavy atom. The predicted octanol–water partition coefficient (Wildman–Crippen LogP) is 6.15. The third-order valence-electron chi connectivity index (χ3n) is 5.89. The van der Waals surface area contributed by atoms with E-state index < -0.39 is 0 Å². The summed E-state index contributed by atoms with van der Waals surface area (Å²) in [6.07, 6.45) is 6.23. The lowest BCUT2D eigenvalue weighted by molar-refractivity contribution is -0.130. The van der Waals surface area contributed by atoms with Crippen LogP contribution >= 0.6 is 0 Å². The number of hydrogen-bond acceptors (Lipinski definition) is 3. The van der Waals surface area contributed by atoms with Gasteiger partial charge in [0.25, 0.3) is 0 Å². The lowest BCUT2D eigenvalue weighted by Gasteiger charge is -2.21. The number of benzene rings is 2. The maximum Gasteiger partial charge on any atom is 0.247 e. The SMILES string of the molecule is CCCCCN(CC(=O)Nc1cc(C(C)(C)C)nn1-c1cccc(C)c1)C(=O)C=Cc1ccccc1. The van der Waals surface area contributed by atoms with Gasteiger partial charge in [-0.25, -0.2) is 4.68 Å². The van der Waals surface area contributed by atoms with Crippen LogP contribution in [0.4, 0.5) is 5.82 Å². The molecule has 0 aliphatic carbocycles. The first-order chi connectivity index (χ1) is 17.2. The van der Waals surface area contributed by atoms with Gasteiger partial charge >= 0.3 is 0 Å². The van der Waals surface area contributed by atoms with E-state index in [1.165, 1.54) is 0 Å². The summed E-state index contributed by atoms with van der Waals surface area (Å²) in [6, 6.07) is 19.6. The van der Waals surface area contributed by atoms with E-state index in [4.69, 9.17) is 5.10 Å². The van der Waals surface area contributed by atoms with E-state index in [0.717, 1.165) is 41.8 Å². The van der Waals surface area contributed by atoms with Crippen molar-refractivity contribution in [3.05, 3.63) is 83.6 Å². The van der Waals surface area contributed by atoms with Crippen LogP contribution in [0.1, 0.15) is 63.8 Å². The van der Waals surface area contributed by atoms with Crippen molar-refractivity contribution in [2.75, 3.05) is 18.4 Å². The summed E-state index contributed by atoms with van der Waals surface area (Å²) in [7, 11) is 0. The summed E-state index contributed by atoms with van der Waals surface area (Å²) < 4.78 is 1.77. The van der Waals surface area contributed by atoms with Gasteiger partial charge in [0.15, 0.2) is 0 Å². The lowest BCUT2D eigenvalue weighted by atomic mass is 9.92. The van der Waals surface area contributed by atoms with Crippen LogP contribution in [0.5, 0.6) is 0 Å². The zero-order chi connectivity index (χ0) is 26.1. The van der Waals surface area contributed by atoms with Gasteiger partial charge in [0, 0.05) is 24.1 Å².